The monoisotopic (exact) mass is 334 g/mol. The van der Waals surface area contributed by atoms with Gasteiger partial charge in [0.05, 0.1) is 18.8 Å². The summed E-state index contributed by atoms with van der Waals surface area (Å²) in [5.74, 6) is 7.33. The zero-order chi connectivity index (χ0) is 13.0. The standard InChI is InChI=1S/C12H16BrFN2OS/c13-10-6-9(14)2-1-8(10)5-11(16-15)12-7-18-4-3-17-12/h1-2,6,11-12,16H,3-5,7,15H2. The highest BCUT2D eigenvalue weighted by molar-refractivity contribution is 9.10. The lowest BCUT2D eigenvalue weighted by Gasteiger charge is -2.30. The maximum atomic E-state index is 13.0. The first kappa shape index (κ1) is 14.3. The van der Waals surface area contributed by atoms with Crippen molar-refractivity contribution in [3.63, 3.8) is 0 Å². The molecule has 6 heteroatoms. The van der Waals surface area contributed by atoms with Gasteiger partial charge in [-0.05, 0) is 24.1 Å². The van der Waals surface area contributed by atoms with Crippen LogP contribution < -0.4 is 11.3 Å². The van der Waals surface area contributed by atoms with Crippen molar-refractivity contribution >= 4 is 27.7 Å². The van der Waals surface area contributed by atoms with E-state index in [4.69, 9.17) is 10.6 Å². The molecule has 0 aliphatic carbocycles. The quantitative estimate of drug-likeness (QED) is 0.653. The van der Waals surface area contributed by atoms with E-state index in [2.05, 4.69) is 21.4 Å². The maximum absolute atomic E-state index is 13.0. The molecule has 0 amide bonds. The van der Waals surface area contributed by atoms with Gasteiger partial charge in [0.2, 0.25) is 0 Å². The summed E-state index contributed by atoms with van der Waals surface area (Å²) in [6, 6.07) is 4.75. The third kappa shape index (κ3) is 3.68. The Morgan fingerprint density at radius 3 is 3.06 bits per heavy atom. The van der Waals surface area contributed by atoms with Crippen molar-refractivity contribution < 1.29 is 9.13 Å². The van der Waals surface area contributed by atoms with Crippen molar-refractivity contribution in [2.45, 2.75) is 18.6 Å². The van der Waals surface area contributed by atoms with Gasteiger partial charge in [-0.2, -0.15) is 11.8 Å². The smallest absolute Gasteiger partial charge is 0.124 e. The number of hydrazine groups is 1. The van der Waals surface area contributed by atoms with E-state index in [0.29, 0.717) is 6.42 Å². The molecule has 1 saturated heterocycles. The molecule has 2 atom stereocenters. The van der Waals surface area contributed by atoms with Gasteiger partial charge in [0.1, 0.15) is 5.82 Å². The van der Waals surface area contributed by atoms with Crippen molar-refractivity contribution in [3.05, 3.63) is 34.1 Å². The largest absolute Gasteiger partial charge is 0.375 e. The minimum atomic E-state index is -0.243. The minimum Gasteiger partial charge on any atom is -0.375 e. The van der Waals surface area contributed by atoms with Crippen LogP contribution in [0, 0.1) is 5.82 Å². The van der Waals surface area contributed by atoms with Crippen molar-refractivity contribution in [2.24, 2.45) is 5.84 Å². The van der Waals surface area contributed by atoms with E-state index in [0.717, 1.165) is 28.1 Å². The number of nitrogens with two attached hydrogens (primary N) is 1. The molecule has 0 aromatic heterocycles. The Bertz CT molecular complexity index is 402. The number of halogens is 2. The molecule has 0 spiro atoms. The van der Waals surface area contributed by atoms with Gasteiger partial charge in [0, 0.05) is 16.0 Å². The molecule has 1 aromatic rings. The Kier molecular flexibility index (Phi) is 5.44. The molecule has 0 bridgehead atoms. The fraction of sp³-hybridized carbons (Fsp3) is 0.500. The van der Waals surface area contributed by atoms with Crippen LogP contribution in [-0.2, 0) is 11.2 Å². The van der Waals surface area contributed by atoms with Crippen molar-refractivity contribution in [2.75, 3.05) is 18.1 Å². The van der Waals surface area contributed by atoms with Crippen LogP contribution in [0.5, 0.6) is 0 Å². The number of ether oxygens (including phenoxy) is 1. The third-order valence-electron chi connectivity index (χ3n) is 2.96. The number of rotatable bonds is 4. The average Bonchev–Trinajstić information content (AvgIpc) is 2.39. The van der Waals surface area contributed by atoms with E-state index in [1.165, 1.54) is 12.1 Å². The summed E-state index contributed by atoms with van der Waals surface area (Å²) in [6.07, 6.45) is 0.813. The molecule has 3 N–H and O–H groups in total. The molecule has 1 fully saturated rings. The fourth-order valence-electron chi connectivity index (χ4n) is 1.96. The molecule has 1 heterocycles. The first-order valence-electron chi connectivity index (χ1n) is 5.80. The van der Waals surface area contributed by atoms with Crippen molar-refractivity contribution in [1.82, 2.24) is 5.43 Å². The molecule has 2 unspecified atom stereocenters. The number of thioether (sulfide) groups is 1. The van der Waals surface area contributed by atoms with Gasteiger partial charge in [-0.1, -0.05) is 22.0 Å². The zero-order valence-corrected chi connectivity index (χ0v) is 12.3. The number of benzene rings is 1. The van der Waals surface area contributed by atoms with Crippen molar-refractivity contribution in [3.8, 4) is 0 Å². The number of hydrogen-bond acceptors (Lipinski definition) is 4. The Hall–Kier alpha value is -0.140. The fourth-order valence-corrected chi connectivity index (χ4v) is 3.41. The highest BCUT2D eigenvalue weighted by Crippen LogP contribution is 2.22. The second-order valence-electron chi connectivity index (χ2n) is 4.20. The lowest BCUT2D eigenvalue weighted by molar-refractivity contribution is 0.0471. The van der Waals surface area contributed by atoms with Crippen LogP contribution in [0.15, 0.2) is 22.7 Å². The van der Waals surface area contributed by atoms with Gasteiger partial charge in [-0.25, -0.2) is 4.39 Å². The molecule has 1 aliphatic heterocycles. The lowest BCUT2D eigenvalue weighted by Crippen LogP contribution is -2.49. The first-order valence-corrected chi connectivity index (χ1v) is 7.75. The molecule has 2 rings (SSSR count). The highest BCUT2D eigenvalue weighted by Gasteiger charge is 2.24. The first-order chi connectivity index (χ1) is 8.70. The van der Waals surface area contributed by atoms with Crippen LogP contribution in [0.4, 0.5) is 4.39 Å². The topological polar surface area (TPSA) is 47.3 Å². The minimum absolute atomic E-state index is 0.0413. The summed E-state index contributed by atoms with van der Waals surface area (Å²) in [7, 11) is 0. The second kappa shape index (κ2) is 6.86. The zero-order valence-electron chi connectivity index (χ0n) is 9.86. The predicted molar refractivity (Wildman–Crippen MR) is 76.0 cm³/mol. The van der Waals surface area contributed by atoms with Crippen LogP contribution in [0.3, 0.4) is 0 Å². The Balaban J connectivity index is 2.04. The molecule has 100 valence electrons. The highest BCUT2D eigenvalue weighted by atomic mass is 79.9. The predicted octanol–water partition coefficient (Wildman–Crippen LogP) is 2.09. The second-order valence-corrected chi connectivity index (χ2v) is 6.20. The van der Waals surface area contributed by atoms with E-state index in [1.54, 1.807) is 6.07 Å². The molecular formula is C12H16BrFN2OS. The van der Waals surface area contributed by atoms with E-state index >= 15 is 0 Å². The van der Waals surface area contributed by atoms with Gasteiger partial charge >= 0.3 is 0 Å². The summed E-state index contributed by atoms with van der Waals surface area (Å²) in [4.78, 5) is 0. The average molecular weight is 335 g/mol. The molecule has 1 aromatic carbocycles. The molecule has 18 heavy (non-hydrogen) atoms. The molecule has 1 aliphatic rings. The Morgan fingerprint density at radius 1 is 1.61 bits per heavy atom. The molecule has 0 saturated carbocycles. The number of nitrogens with one attached hydrogen (secondary N) is 1. The van der Waals surface area contributed by atoms with Gasteiger partial charge < -0.3 is 4.74 Å². The summed E-state index contributed by atoms with van der Waals surface area (Å²) in [6.45, 7) is 0.762. The SMILES string of the molecule is NNC(Cc1ccc(F)cc1Br)C1CSCCO1. The van der Waals surface area contributed by atoms with Crippen LogP contribution in [0.1, 0.15) is 5.56 Å². The lowest BCUT2D eigenvalue weighted by atomic mass is 10.0. The van der Waals surface area contributed by atoms with Crippen LogP contribution in [-0.4, -0.2) is 30.3 Å². The normalized spacial score (nSPS) is 21.8. The Morgan fingerprint density at radius 2 is 2.44 bits per heavy atom. The molecular weight excluding hydrogens is 319 g/mol. The van der Waals surface area contributed by atoms with E-state index < -0.39 is 0 Å². The van der Waals surface area contributed by atoms with Crippen LogP contribution >= 0.6 is 27.7 Å². The molecule has 3 nitrogen and oxygen atoms in total. The Labute approximate surface area is 119 Å². The molecule has 0 radical (unpaired) electrons. The number of hydrogen-bond donors (Lipinski definition) is 2. The van der Waals surface area contributed by atoms with Gasteiger partial charge in [-0.3, -0.25) is 11.3 Å². The summed E-state index contributed by atoms with van der Waals surface area (Å²) < 4.78 is 19.5. The third-order valence-corrected chi connectivity index (χ3v) is 4.72. The van der Waals surface area contributed by atoms with Crippen LogP contribution in [0.2, 0.25) is 0 Å². The van der Waals surface area contributed by atoms with Gasteiger partial charge in [-0.15, -0.1) is 0 Å². The van der Waals surface area contributed by atoms with E-state index in [-0.39, 0.29) is 18.0 Å². The summed E-state index contributed by atoms with van der Waals surface area (Å²) >= 11 is 5.25. The van der Waals surface area contributed by atoms with Gasteiger partial charge in [0.25, 0.3) is 0 Å². The van der Waals surface area contributed by atoms with E-state index in [1.807, 2.05) is 11.8 Å². The van der Waals surface area contributed by atoms with Crippen LogP contribution in [0.25, 0.3) is 0 Å². The maximum Gasteiger partial charge on any atom is 0.124 e. The van der Waals surface area contributed by atoms with E-state index in [9.17, 15) is 4.39 Å². The summed E-state index contributed by atoms with van der Waals surface area (Å²) in [5, 5.41) is 0. The van der Waals surface area contributed by atoms with Crippen molar-refractivity contribution in [1.29, 1.82) is 0 Å². The summed E-state index contributed by atoms with van der Waals surface area (Å²) in [5.41, 5.74) is 3.84. The van der Waals surface area contributed by atoms with Gasteiger partial charge in [0.15, 0.2) is 0 Å².